The quantitative estimate of drug-likeness (QED) is 0.699. The number of nitrogens with zero attached hydrogens (tertiary/aromatic N) is 1. The highest BCUT2D eigenvalue weighted by molar-refractivity contribution is 6.05. The summed E-state index contributed by atoms with van der Waals surface area (Å²) in [5.74, 6) is 1.22. The van der Waals surface area contributed by atoms with Gasteiger partial charge in [0.05, 0.1) is 12.8 Å². The maximum absolute atomic E-state index is 12.7. The fourth-order valence-electron chi connectivity index (χ4n) is 2.89. The van der Waals surface area contributed by atoms with E-state index in [4.69, 9.17) is 9.47 Å². The lowest BCUT2D eigenvalue weighted by atomic mass is 10.0. The van der Waals surface area contributed by atoms with E-state index in [1.807, 2.05) is 62.4 Å². The molecular weight excluding hydrogens is 340 g/mol. The van der Waals surface area contributed by atoms with E-state index in [9.17, 15) is 4.79 Å². The summed E-state index contributed by atoms with van der Waals surface area (Å²) in [6.07, 6.45) is 3.51. The van der Waals surface area contributed by atoms with Crippen molar-refractivity contribution >= 4 is 11.6 Å². The minimum Gasteiger partial charge on any atom is -0.495 e. The molecule has 0 saturated heterocycles. The third-order valence-corrected chi connectivity index (χ3v) is 4.18. The summed E-state index contributed by atoms with van der Waals surface area (Å²) in [5, 5.41) is 2.90. The number of carbonyl (C=O) groups is 1. The van der Waals surface area contributed by atoms with E-state index in [0.717, 1.165) is 22.4 Å². The number of nitrogens with one attached hydrogen (secondary N) is 1. The molecule has 0 radical (unpaired) electrons. The van der Waals surface area contributed by atoms with Crippen molar-refractivity contribution in [1.82, 2.24) is 4.98 Å². The molecule has 0 fully saturated rings. The van der Waals surface area contributed by atoms with Crippen molar-refractivity contribution in [2.75, 3.05) is 12.4 Å². The second-order valence-corrected chi connectivity index (χ2v) is 6.24. The molecule has 5 nitrogen and oxygen atoms in total. The lowest BCUT2D eigenvalue weighted by Gasteiger charge is -2.15. The minimum atomic E-state index is -0.190. The Labute approximate surface area is 159 Å². The zero-order valence-corrected chi connectivity index (χ0v) is 15.7. The number of rotatable bonds is 6. The van der Waals surface area contributed by atoms with Crippen molar-refractivity contribution in [3.63, 3.8) is 0 Å². The highest BCUT2D eigenvalue weighted by Crippen LogP contribution is 2.28. The maximum atomic E-state index is 12.7. The fourth-order valence-corrected chi connectivity index (χ4v) is 2.89. The molecule has 3 rings (SSSR count). The molecule has 5 heteroatoms. The van der Waals surface area contributed by atoms with E-state index >= 15 is 0 Å². The van der Waals surface area contributed by atoms with Crippen LogP contribution in [0.25, 0.3) is 0 Å². The first-order valence-electron chi connectivity index (χ1n) is 8.66. The number of methoxy groups -OCH3 is 1. The molecule has 0 aliphatic carbocycles. The molecule has 0 aliphatic heterocycles. The molecule has 2 aromatic carbocycles. The van der Waals surface area contributed by atoms with Crippen LogP contribution in [0.1, 0.15) is 27.0 Å². The van der Waals surface area contributed by atoms with Crippen LogP contribution in [0.3, 0.4) is 0 Å². The molecule has 1 aromatic heterocycles. The molecule has 0 aliphatic rings. The molecule has 27 heavy (non-hydrogen) atoms. The van der Waals surface area contributed by atoms with Gasteiger partial charge in [0.2, 0.25) is 0 Å². The third kappa shape index (κ3) is 4.44. The van der Waals surface area contributed by atoms with Gasteiger partial charge < -0.3 is 14.8 Å². The minimum absolute atomic E-state index is 0.190. The zero-order chi connectivity index (χ0) is 19.2. The number of aromatic nitrogens is 1. The van der Waals surface area contributed by atoms with Gasteiger partial charge in [0.1, 0.15) is 18.1 Å². The van der Waals surface area contributed by atoms with Gasteiger partial charge >= 0.3 is 0 Å². The van der Waals surface area contributed by atoms with Crippen molar-refractivity contribution in [2.24, 2.45) is 0 Å². The molecule has 3 aromatic rings. The smallest absolute Gasteiger partial charge is 0.255 e. The molecule has 0 saturated carbocycles. The number of pyridine rings is 1. The van der Waals surface area contributed by atoms with Crippen LogP contribution in [0, 0.1) is 13.8 Å². The van der Waals surface area contributed by atoms with E-state index in [1.54, 1.807) is 19.5 Å². The Bertz CT molecular complexity index is 916. The molecule has 0 atom stereocenters. The average molecular weight is 362 g/mol. The van der Waals surface area contributed by atoms with E-state index < -0.39 is 0 Å². The van der Waals surface area contributed by atoms with Crippen LogP contribution in [0.5, 0.6) is 11.5 Å². The van der Waals surface area contributed by atoms with Gasteiger partial charge in [-0.25, -0.2) is 0 Å². The standard InChI is InChI=1S/C22H22N2O3/c1-15-11-18(22(25)24-19-8-4-5-9-20(19)26-3)12-16(2)21(15)27-14-17-7-6-10-23-13-17/h4-13H,14H2,1-3H3,(H,24,25). The van der Waals surface area contributed by atoms with Crippen molar-refractivity contribution in [2.45, 2.75) is 20.5 Å². The Kier molecular flexibility index (Phi) is 5.71. The Morgan fingerprint density at radius 1 is 1.07 bits per heavy atom. The van der Waals surface area contributed by atoms with Gasteiger partial charge in [0.25, 0.3) is 5.91 Å². The number of amides is 1. The van der Waals surface area contributed by atoms with Crippen LogP contribution in [0.4, 0.5) is 5.69 Å². The number of hydrogen-bond donors (Lipinski definition) is 1. The normalized spacial score (nSPS) is 10.3. The summed E-state index contributed by atoms with van der Waals surface area (Å²) in [7, 11) is 1.58. The van der Waals surface area contributed by atoms with E-state index in [1.165, 1.54) is 0 Å². The Morgan fingerprint density at radius 2 is 1.81 bits per heavy atom. The number of aryl methyl sites for hydroxylation is 2. The van der Waals surface area contributed by atoms with Gasteiger partial charge in [-0.3, -0.25) is 9.78 Å². The number of hydrogen-bond acceptors (Lipinski definition) is 4. The van der Waals surface area contributed by atoms with Crippen LogP contribution in [0.2, 0.25) is 0 Å². The summed E-state index contributed by atoms with van der Waals surface area (Å²) in [5.41, 5.74) is 4.02. The fraction of sp³-hybridized carbons (Fsp3) is 0.182. The third-order valence-electron chi connectivity index (χ3n) is 4.18. The molecule has 0 bridgehead atoms. The molecule has 1 heterocycles. The van der Waals surface area contributed by atoms with Crippen LogP contribution in [-0.4, -0.2) is 18.0 Å². The van der Waals surface area contributed by atoms with Gasteiger partial charge in [0, 0.05) is 23.5 Å². The van der Waals surface area contributed by atoms with Gasteiger partial charge in [-0.1, -0.05) is 18.2 Å². The lowest BCUT2D eigenvalue weighted by Crippen LogP contribution is -2.13. The van der Waals surface area contributed by atoms with Gasteiger partial charge in [-0.15, -0.1) is 0 Å². The van der Waals surface area contributed by atoms with E-state index in [-0.39, 0.29) is 5.91 Å². The Hall–Kier alpha value is -3.34. The molecular formula is C22H22N2O3. The van der Waals surface area contributed by atoms with Gasteiger partial charge in [0.15, 0.2) is 0 Å². The number of ether oxygens (including phenoxy) is 2. The van der Waals surface area contributed by atoms with Crippen molar-refractivity contribution in [3.8, 4) is 11.5 Å². The van der Waals surface area contributed by atoms with Crippen molar-refractivity contribution < 1.29 is 14.3 Å². The molecule has 138 valence electrons. The van der Waals surface area contributed by atoms with Crippen molar-refractivity contribution in [3.05, 3.63) is 83.2 Å². The van der Waals surface area contributed by atoms with Gasteiger partial charge in [-0.05, 0) is 55.3 Å². The summed E-state index contributed by atoms with van der Waals surface area (Å²) in [6.45, 7) is 4.30. The summed E-state index contributed by atoms with van der Waals surface area (Å²) >= 11 is 0. The SMILES string of the molecule is COc1ccccc1NC(=O)c1cc(C)c(OCc2cccnc2)c(C)c1. The van der Waals surface area contributed by atoms with Crippen LogP contribution >= 0.6 is 0 Å². The molecule has 1 N–H and O–H groups in total. The predicted octanol–water partition coefficient (Wildman–Crippen LogP) is 4.54. The second-order valence-electron chi connectivity index (χ2n) is 6.24. The topological polar surface area (TPSA) is 60.5 Å². The van der Waals surface area contributed by atoms with Crippen LogP contribution < -0.4 is 14.8 Å². The second kappa shape index (κ2) is 8.36. The molecule has 0 spiro atoms. The number of benzene rings is 2. The highest BCUT2D eigenvalue weighted by Gasteiger charge is 2.14. The van der Waals surface area contributed by atoms with E-state index in [0.29, 0.717) is 23.6 Å². The molecule has 1 amide bonds. The van der Waals surface area contributed by atoms with E-state index in [2.05, 4.69) is 10.3 Å². The largest absolute Gasteiger partial charge is 0.495 e. The highest BCUT2D eigenvalue weighted by atomic mass is 16.5. The zero-order valence-electron chi connectivity index (χ0n) is 15.7. The number of para-hydroxylation sites is 2. The average Bonchev–Trinajstić information content (AvgIpc) is 2.68. The first-order chi connectivity index (χ1) is 13.1. The van der Waals surface area contributed by atoms with Crippen molar-refractivity contribution in [1.29, 1.82) is 0 Å². The monoisotopic (exact) mass is 362 g/mol. The first-order valence-corrected chi connectivity index (χ1v) is 8.66. The number of anilines is 1. The molecule has 0 unspecified atom stereocenters. The number of carbonyl (C=O) groups excluding carboxylic acids is 1. The lowest BCUT2D eigenvalue weighted by molar-refractivity contribution is 0.102. The summed E-state index contributed by atoms with van der Waals surface area (Å²) in [4.78, 5) is 16.8. The predicted molar refractivity (Wildman–Crippen MR) is 105 cm³/mol. The first kappa shape index (κ1) is 18.5. The maximum Gasteiger partial charge on any atom is 0.255 e. The Balaban J connectivity index is 1.76. The van der Waals surface area contributed by atoms with Crippen LogP contribution in [-0.2, 0) is 6.61 Å². The summed E-state index contributed by atoms with van der Waals surface area (Å²) in [6, 6.07) is 14.8. The van der Waals surface area contributed by atoms with Gasteiger partial charge in [-0.2, -0.15) is 0 Å². The Morgan fingerprint density at radius 3 is 2.48 bits per heavy atom. The summed E-state index contributed by atoms with van der Waals surface area (Å²) < 4.78 is 11.2. The van der Waals surface area contributed by atoms with Crippen LogP contribution in [0.15, 0.2) is 60.9 Å².